The van der Waals surface area contributed by atoms with Crippen molar-refractivity contribution < 1.29 is 5.11 Å². The first-order chi connectivity index (χ1) is 13.5. The van der Waals surface area contributed by atoms with Gasteiger partial charge in [0.15, 0.2) is 0 Å². The van der Waals surface area contributed by atoms with Gasteiger partial charge in [-0.1, -0.05) is 41.9 Å². The molecule has 0 saturated carbocycles. The van der Waals surface area contributed by atoms with Crippen LogP contribution in [0.1, 0.15) is 37.3 Å². The van der Waals surface area contributed by atoms with Gasteiger partial charge in [-0.2, -0.15) is 0 Å². The van der Waals surface area contributed by atoms with Gasteiger partial charge in [-0.15, -0.1) is 17.0 Å². The fourth-order valence-corrected chi connectivity index (χ4v) is 4.61. The third-order valence-corrected chi connectivity index (χ3v) is 6.27. The van der Waals surface area contributed by atoms with Crippen molar-refractivity contribution in [3.63, 3.8) is 0 Å². The first kappa shape index (κ1) is 22.3. The normalized spacial score (nSPS) is 24.7. The van der Waals surface area contributed by atoms with Crippen LogP contribution in [0.2, 0.25) is 5.02 Å². The lowest BCUT2D eigenvalue weighted by atomic mass is 9.74. The second-order valence-corrected chi connectivity index (χ2v) is 8.49. The minimum Gasteiger partial charge on any atom is -0.385 e. The smallest absolute Gasteiger partial charge is 0.103 e. The van der Waals surface area contributed by atoms with E-state index in [0.717, 1.165) is 49.4 Å². The zero-order valence-corrected chi connectivity index (χ0v) is 19.2. The first-order valence-electron chi connectivity index (χ1n) is 10.2. The summed E-state index contributed by atoms with van der Waals surface area (Å²) in [6, 6.07) is 16.2. The highest BCUT2D eigenvalue weighted by molar-refractivity contribution is 8.93. The van der Waals surface area contributed by atoms with E-state index in [1.165, 1.54) is 5.56 Å². The number of para-hydroxylation sites is 1. The largest absolute Gasteiger partial charge is 0.385 e. The molecule has 0 amide bonds. The Bertz CT molecular complexity index is 857. The van der Waals surface area contributed by atoms with Crippen LogP contribution in [0.5, 0.6) is 0 Å². The van der Waals surface area contributed by atoms with Gasteiger partial charge in [0.05, 0.1) is 11.3 Å². The van der Waals surface area contributed by atoms with E-state index in [0.29, 0.717) is 11.4 Å². The molecule has 6 heteroatoms. The van der Waals surface area contributed by atoms with Crippen molar-refractivity contribution in [1.29, 1.82) is 0 Å². The minimum atomic E-state index is -0.827. The van der Waals surface area contributed by atoms with Crippen molar-refractivity contribution in [2.45, 2.75) is 44.2 Å². The SMILES string of the molecule is Br.CC(CC1CNCCC1(O)c1ccc(Cl)cc1)NC1=Nc2ccccc2CC1. The predicted octanol–water partition coefficient (Wildman–Crippen LogP) is 4.76. The van der Waals surface area contributed by atoms with E-state index in [1.807, 2.05) is 30.3 Å². The Balaban J connectivity index is 0.00000240. The minimum absolute atomic E-state index is 0. The van der Waals surface area contributed by atoms with Gasteiger partial charge < -0.3 is 15.7 Å². The quantitative estimate of drug-likeness (QED) is 0.594. The van der Waals surface area contributed by atoms with Crippen LogP contribution in [-0.4, -0.2) is 30.1 Å². The number of hydrogen-bond donors (Lipinski definition) is 3. The highest BCUT2D eigenvalue weighted by atomic mass is 79.9. The van der Waals surface area contributed by atoms with Crippen LogP contribution in [0.25, 0.3) is 0 Å². The number of hydrogen-bond acceptors (Lipinski definition) is 4. The Morgan fingerprint density at radius 2 is 1.97 bits per heavy atom. The lowest BCUT2D eigenvalue weighted by molar-refractivity contribution is -0.0518. The van der Waals surface area contributed by atoms with E-state index < -0.39 is 5.60 Å². The van der Waals surface area contributed by atoms with Gasteiger partial charge in [0.2, 0.25) is 0 Å². The van der Waals surface area contributed by atoms with Gasteiger partial charge in [-0.25, -0.2) is 4.99 Å². The van der Waals surface area contributed by atoms with Crippen LogP contribution in [0, 0.1) is 5.92 Å². The van der Waals surface area contributed by atoms with Crippen molar-refractivity contribution >= 4 is 40.1 Å². The van der Waals surface area contributed by atoms with E-state index in [-0.39, 0.29) is 28.9 Å². The first-order valence-corrected chi connectivity index (χ1v) is 10.5. The highest BCUT2D eigenvalue weighted by Crippen LogP contribution is 2.38. The van der Waals surface area contributed by atoms with Gasteiger partial charge in [-0.05, 0) is 62.1 Å². The number of aryl methyl sites for hydroxylation is 1. The maximum atomic E-state index is 11.5. The molecular formula is C23H29BrClN3O. The number of piperidine rings is 1. The molecule has 1 saturated heterocycles. The van der Waals surface area contributed by atoms with Gasteiger partial charge in [0.1, 0.15) is 5.84 Å². The van der Waals surface area contributed by atoms with Crippen LogP contribution < -0.4 is 10.6 Å². The number of rotatable bonds is 4. The molecule has 0 spiro atoms. The summed E-state index contributed by atoms with van der Waals surface area (Å²) < 4.78 is 0. The number of halogens is 2. The molecule has 0 aromatic heterocycles. The standard InChI is InChI=1S/C23H28ClN3O.BrH/c1-16(26-22-11-6-17-4-2-3-5-21(17)27-22)14-19-15-25-13-12-23(19,28)18-7-9-20(24)10-8-18;/h2-5,7-10,16,19,25,28H,6,11-15H2,1H3,(H,26,27);1H. The summed E-state index contributed by atoms with van der Waals surface area (Å²) in [5, 5.41) is 19.3. The molecule has 2 aromatic rings. The van der Waals surface area contributed by atoms with Crippen molar-refractivity contribution in [2.24, 2.45) is 10.9 Å². The molecule has 2 aliphatic rings. The van der Waals surface area contributed by atoms with E-state index in [9.17, 15) is 5.11 Å². The Hall–Kier alpha value is -1.40. The third-order valence-electron chi connectivity index (χ3n) is 6.02. The summed E-state index contributed by atoms with van der Waals surface area (Å²) >= 11 is 6.04. The van der Waals surface area contributed by atoms with E-state index in [4.69, 9.17) is 16.6 Å². The second-order valence-electron chi connectivity index (χ2n) is 8.05. The molecule has 2 heterocycles. The third kappa shape index (κ3) is 5.02. The lowest BCUT2D eigenvalue weighted by Gasteiger charge is -2.42. The monoisotopic (exact) mass is 477 g/mol. The lowest BCUT2D eigenvalue weighted by Crippen LogP contribution is -2.50. The molecule has 3 atom stereocenters. The van der Waals surface area contributed by atoms with Crippen molar-refractivity contribution in [3.05, 3.63) is 64.7 Å². The van der Waals surface area contributed by atoms with E-state index >= 15 is 0 Å². The number of aliphatic hydroxyl groups is 1. The van der Waals surface area contributed by atoms with Crippen molar-refractivity contribution in [1.82, 2.24) is 10.6 Å². The van der Waals surface area contributed by atoms with Crippen LogP contribution in [0.3, 0.4) is 0 Å². The molecule has 0 bridgehead atoms. The molecule has 0 radical (unpaired) electrons. The number of amidine groups is 1. The Labute approximate surface area is 188 Å². The average molecular weight is 479 g/mol. The fourth-order valence-electron chi connectivity index (χ4n) is 4.49. The number of aliphatic imine (C=N–C) groups is 1. The number of nitrogens with zero attached hydrogens (tertiary/aromatic N) is 1. The van der Waals surface area contributed by atoms with Gasteiger partial charge >= 0.3 is 0 Å². The number of benzene rings is 2. The molecule has 2 aliphatic heterocycles. The zero-order chi connectivity index (χ0) is 19.6. The van der Waals surface area contributed by atoms with E-state index in [1.54, 1.807) is 0 Å². The van der Waals surface area contributed by atoms with E-state index in [2.05, 4.69) is 35.8 Å². The molecule has 1 fully saturated rings. The highest BCUT2D eigenvalue weighted by Gasteiger charge is 2.41. The molecular weight excluding hydrogens is 450 g/mol. The summed E-state index contributed by atoms with van der Waals surface area (Å²) in [4.78, 5) is 4.80. The Kier molecular flexibility index (Phi) is 7.38. The van der Waals surface area contributed by atoms with Crippen molar-refractivity contribution in [3.8, 4) is 0 Å². The number of nitrogens with one attached hydrogen (secondary N) is 2. The van der Waals surface area contributed by atoms with Crippen LogP contribution in [-0.2, 0) is 12.0 Å². The van der Waals surface area contributed by atoms with Crippen molar-refractivity contribution in [2.75, 3.05) is 13.1 Å². The average Bonchev–Trinajstić information content (AvgIpc) is 2.70. The summed E-state index contributed by atoms with van der Waals surface area (Å²) in [6.07, 6.45) is 3.53. The Morgan fingerprint density at radius 3 is 2.76 bits per heavy atom. The number of fused-ring (bicyclic) bond motifs is 1. The van der Waals surface area contributed by atoms with Gasteiger partial charge in [-0.3, -0.25) is 0 Å². The Morgan fingerprint density at radius 1 is 1.21 bits per heavy atom. The topological polar surface area (TPSA) is 56.6 Å². The molecule has 156 valence electrons. The molecule has 29 heavy (non-hydrogen) atoms. The second kappa shape index (κ2) is 9.61. The molecule has 0 aliphatic carbocycles. The van der Waals surface area contributed by atoms with Crippen LogP contribution >= 0.6 is 28.6 Å². The fraction of sp³-hybridized carbons (Fsp3) is 0.435. The predicted molar refractivity (Wildman–Crippen MR) is 126 cm³/mol. The molecule has 3 N–H and O–H groups in total. The van der Waals surface area contributed by atoms with Gasteiger partial charge in [0, 0.05) is 29.9 Å². The zero-order valence-electron chi connectivity index (χ0n) is 16.7. The summed E-state index contributed by atoms with van der Waals surface area (Å²) in [5.41, 5.74) is 2.52. The molecule has 4 rings (SSSR count). The maximum absolute atomic E-state index is 11.5. The summed E-state index contributed by atoms with van der Waals surface area (Å²) in [7, 11) is 0. The molecule has 3 unspecified atom stereocenters. The van der Waals surface area contributed by atoms with Crippen LogP contribution in [0.15, 0.2) is 53.5 Å². The molecule has 4 nitrogen and oxygen atoms in total. The summed E-state index contributed by atoms with van der Waals surface area (Å²) in [5.74, 6) is 1.17. The summed E-state index contributed by atoms with van der Waals surface area (Å²) in [6.45, 7) is 3.81. The van der Waals surface area contributed by atoms with Gasteiger partial charge in [0.25, 0.3) is 0 Å². The van der Waals surface area contributed by atoms with Crippen LogP contribution in [0.4, 0.5) is 5.69 Å². The molecule has 2 aromatic carbocycles. The maximum Gasteiger partial charge on any atom is 0.103 e.